The highest BCUT2D eigenvalue weighted by Gasteiger charge is 2.02. The molecule has 18 heavy (non-hydrogen) atoms. The smallest absolute Gasteiger partial charge is 0.140 e. The van der Waals surface area contributed by atoms with Crippen molar-refractivity contribution in [2.75, 3.05) is 26.4 Å². The lowest BCUT2D eigenvalue weighted by Gasteiger charge is -2.06. The van der Waals surface area contributed by atoms with E-state index in [4.69, 9.17) is 15.1 Å². The molecule has 0 saturated carbocycles. The van der Waals surface area contributed by atoms with E-state index in [1.165, 1.54) is 6.07 Å². The van der Waals surface area contributed by atoms with Crippen LogP contribution in [0.2, 0.25) is 0 Å². The lowest BCUT2D eigenvalue weighted by atomic mass is 10.1. The maximum Gasteiger partial charge on any atom is 0.140 e. The predicted octanol–water partition coefficient (Wildman–Crippen LogP) is 1.19. The number of rotatable bonds is 8. The molecule has 98 valence electrons. The van der Waals surface area contributed by atoms with Crippen molar-refractivity contribution in [1.29, 1.82) is 5.26 Å². The molecule has 0 aliphatic carbocycles. The number of aliphatic hydroxyl groups is 1. The molecule has 1 aromatic rings. The highest BCUT2D eigenvalue weighted by Crippen LogP contribution is 2.09. The summed E-state index contributed by atoms with van der Waals surface area (Å²) in [5, 5.41) is 20.4. The second-order valence-corrected chi connectivity index (χ2v) is 3.79. The third-order valence-electron chi connectivity index (χ3n) is 2.36. The van der Waals surface area contributed by atoms with Crippen LogP contribution >= 0.6 is 0 Å². The summed E-state index contributed by atoms with van der Waals surface area (Å²) in [5.74, 6) is -0.487. The van der Waals surface area contributed by atoms with Gasteiger partial charge in [-0.25, -0.2) is 4.39 Å². The van der Waals surface area contributed by atoms with Gasteiger partial charge in [-0.15, -0.1) is 0 Å². The summed E-state index contributed by atoms with van der Waals surface area (Å²) < 4.78 is 18.2. The number of halogens is 1. The van der Waals surface area contributed by atoms with Crippen LogP contribution in [0, 0.1) is 17.1 Å². The minimum atomic E-state index is -0.487. The highest BCUT2D eigenvalue weighted by molar-refractivity contribution is 5.34. The van der Waals surface area contributed by atoms with Crippen molar-refractivity contribution in [3.8, 4) is 6.07 Å². The summed E-state index contributed by atoms with van der Waals surface area (Å²) in [6, 6.07) is 6.32. The van der Waals surface area contributed by atoms with Crippen LogP contribution in [0.4, 0.5) is 4.39 Å². The monoisotopic (exact) mass is 252 g/mol. The van der Waals surface area contributed by atoms with E-state index in [0.717, 1.165) is 18.5 Å². The molecule has 0 saturated heterocycles. The fraction of sp³-hybridized carbons (Fsp3) is 0.462. The van der Waals surface area contributed by atoms with Crippen molar-refractivity contribution < 1.29 is 14.2 Å². The zero-order chi connectivity index (χ0) is 13.2. The molecule has 1 rings (SSSR count). The number of ether oxygens (including phenoxy) is 1. The number of nitriles is 1. The number of nitrogens with one attached hydrogen (secondary N) is 1. The number of hydrogen-bond donors (Lipinski definition) is 2. The molecule has 1 aromatic carbocycles. The summed E-state index contributed by atoms with van der Waals surface area (Å²) in [6.45, 7) is 2.36. The Morgan fingerprint density at radius 2 is 2.22 bits per heavy atom. The van der Waals surface area contributed by atoms with Gasteiger partial charge in [-0.3, -0.25) is 0 Å². The number of aliphatic hydroxyl groups excluding tert-OH is 1. The molecule has 0 aromatic heterocycles. The van der Waals surface area contributed by atoms with Crippen molar-refractivity contribution >= 4 is 0 Å². The van der Waals surface area contributed by atoms with Gasteiger partial charge >= 0.3 is 0 Å². The molecule has 0 bridgehead atoms. The van der Waals surface area contributed by atoms with E-state index in [9.17, 15) is 4.39 Å². The van der Waals surface area contributed by atoms with Gasteiger partial charge in [0, 0.05) is 13.2 Å². The normalized spacial score (nSPS) is 10.3. The second-order valence-electron chi connectivity index (χ2n) is 3.79. The van der Waals surface area contributed by atoms with E-state index in [1.54, 1.807) is 12.1 Å². The molecule has 0 fully saturated rings. The van der Waals surface area contributed by atoms with Crippen LogP contribution < -0.4 is 5.32 Å². The third kappa shape index (κ3) is 5.23. The molecule has 2 N–H and O–H groups in total. The first-order valence-corrected chi connectivity index (χ1v) is 5.85. The lowest BCUT2D eigenvalue weighted by molar-refractivity contribution is 0.0907. The minimum absolute atomic E-state index is 0.0416. The van der Waals surface area contributed by atoms with E-state index < -0.39 is 5.82 Å². The third-order valence-corrected chi connectivity index (χ3v) is 2.36. The molecule has 0 heterocycles. The number of hydrogen-bond acceptors (Lipinski definition) is 4. The Kier molecular flexibility index (Phi) is 6.96. The second kappa shape index (κ2) is 8.59. The molecule has 4 nitrogen and oxygen atoms in total. The Morgan fingerprint density at radius 1 is 1.39 bits per heavy atom. The van der Waals surface area contributed by atoms with Crippen molar-refractivity contribution in [3.05, 3.63) is 35.1 Å². The lowest BCUT2D eigenvalue weighted by Crippen LogP contribution is -2.17. The molecular formula is C13H17FN2O2. The molecule has 0 unspecified atom stereocenters. The SMILES string of the molecule is N#Cc1cc(CNCCCOCCO)ccc1F. The predicted molar refractivity (Wildman–Crippen MR) is 65.3 cm³/mol. The van der Waals surface area contributed by atoms with Gasteiger partial charge in [0.05, 0.1) is 18.8 Å². The van der Waals surface area contributed by atoms with Crippen LogP contribution in [-0.2, 0) is 11.3 Å². The van der Waals surface area contributed by atoms with Crippen LogP contribution in [0.3, 0.4) is 0 Å². The zero-order valence-corrected chi connectivity index (χ0v) is 10.2. The maximum absolute atomic E-state index is 13.1. The first-order valence-electron chi connectivity index (χ1n) is 5.85. The Hall–Kier alpha value is -1.48. The van der Waals surface area contributed by atoms with Gasteiger partial charge in [0.15, 0.2) is 0 Å². The molecule has 5 heteroatoms. The molecule has 0 atom stereocenters. The summed E-state index contributed by atoms with van der Waals surface area (Å²) >= 11 is 0. The Bertz CT molecular complexity index is 404. The van der Waals surface area contributed by atoms with Crippen molar-refractivity contribution in [2.24, 2.45) is 0 Å². The molecule has 0 radical (unpaired) electrons. The van der Waals surface area contributed by atoms with E-state index >= 15 is 0 Å². The topological polar surface area (TPSA) is 65.3 Å². The van der Waals surface area contributed by atoms with Gasteiger partial charge < -0.3 is 15.2 Å². The van der Waals surface area contributed by atoms with E-state index in [-0.39, 0.29) is 12.2 Å². The van der Waals surface area contributed by atoms with Gasteiger partial charge in [0.25, 0.3) is 0 Å². The number of benzene rings is 1. The average Bonchev–Trinajstić information content (AvgIpc) is 2.39. The van der Waals surface area contributed by atoms with Crippen molar-refractivity contribution in [3.63, 3.8) is 0 Å². The Labute approximate surface area is 106 Å². The summed E-state index contributed by atoms with van der Waals surface area (Å²) in [7, 11) is 0. The average molecular weight is 252 g/mol. The van der Waals surface area contributed by atoms with Crippen LogP contribution in [-0.4, -0.2) is 31.5 Å². The van der Waals surface area contributed by atoms with E-state index in [1.807, 2.05) is 6.07 Å². The fourth-order valence-corrected chi connectivity index (χ4v) is 1.47. The zero-order valence-electron chi connectivity index (χ0n) is 10.2. The van der Waals surface area contributed by atoms with E-state index in [0.29, 0.717) is 19.8 Å². The maximum atomic E-state index is 13.1. The minimum Gasteiger partial charge on any atom is -0.394 e. The van der Waals surface area contributed by atoms with Crippen LogP contribution in [0.5, 0.6) is 0 Å². The van der Waals surface area contributed by atoms with Crippen molar-refractivity contribution in [2.45, 2.75) is 13.0 Å². The summed E-state index contributed by atoms with van der Waals surface area (Å²) in [6.07, 6.45) is 0.840. The van der Waals surface area contributed by atoms with Crippen LogP contribution in [0.1, 0.15) is 17.5 Å². The molecule has 0 amide bonds. The first-order chi connectivity index (χ1) is 8.77. The van der Waals surface area contributed by atoms with Crippen LogP contribution in [0.25, 0.3) is 0 Å². The van der Waals surface area contributed by atoms with Gasteiger partial charge in [-0.1, -0.05) is 6.07 Å². The quantitative estimate of drug-likeness (QED) is 0.682. The van der Waals surface area contributed by atoms with Gasteiger partial charge in [0.1, 0.15) is 11.9 Å². The van der Waals surface area contributed by atoms with Gasteiger partial charge in [0.2, 0.25) is 0 Å². The molecule has 0 aliphatic rings. The fourth-order valence-electron chi connectivity index (χ4n) is 1.47. The summed E-state index contributed by atoms with van der Waals surface area (Å²) in [4.78, 5) is 0. The highest BCUT2D eigenvalue weighted by atomic mass is 19.1. The van der Waals surface area contributed by atoms with Crippen LogP contribution in [0.15, 0.2) is 18.2 Å². The molecular weight excluding hydrogens is 235 g/mol. The largest absolute Gasteiger partial charge is 0.394 e. The number of nitrogens with zero attached hydrogens (tertiary/aromatic N) is 1. The van der Waals surface area contributed by atoms with Crippen molar-refractivity contribution in [1.82, 2.24) is 5.32 Å². The Morgan fingerprint density at radius 3 is 2.94 bits per heavy atom. The molecule has 0 aliphatic heterocycles. The summed E-state index contributed by atoms with van der Waals surface area (Å²) in [5.41, 5.74) is 0.949. The Balaban J connectivity index is 2.22. The standard InChI is InChI=1S/C13H17FN2O2/c14-13-3-2-11(8-12(13)9-15)10-16-4-1-6-18-7-5-17/h2-3,8,16-17H,1,4-7,10H2. The van der Waals surface area contributed by atoms with Gasteiger partial charge in [-0.05, 0) is 30.7 Å². The first kappa shape index (κ1) is 14.6. The van der Waals surface area contributed by atoms with E-state index in [2.05, 4.69) is 5.32 Å². The van der Waals surface area contributed by atoms with Gasteiger partial charge in [-0.2, -0.15) is 5.26 Å². The molecule has 0 spiro atoms.